The summed E-state index contributed by atoms with van der Waals surface area (Å²) in [5, 5.41) is 12.8. The van der Waals surface area contributed by atoms with Crippen LogP contribution < -0.4 is 10.1 Å². The molecule has 0 aliphatic carbocycles. The van der Waals surface area contributed by atoms with Crippen LogP contribution in [-0.4, -0.2) is 24.9 Å². The van der Waals surface area contributed by atoms with Crippen LogP contribution in [-0.2, 0) is 13.0 Å². The zero-order chi connectivity index (χ0) is 13.9. The summed E-state index contributed by atoms with van der Waals surface area (Å²) in [6, 6.07) is 4.25. The van der Waals surface area contributed by atoms with Crippen molar-refractivity contribution in [2.45, 2.75) is 33.2 Å². The van der Waals surface area contributed by atoms with Crippen LogP contribution in [0.15, 0.2) is 16.6 Å². The number of aliphatic hydroxyl groups excluding tert-OH is 1. The maximum absolute atomic E-state index is 9.41. The summed E-state index contributed by atoms with van der Waals surface area (Å²) in [4.78, 5) is 0. The van der Waals surface area contributed by atoms with E-state index in [0.29, 0.717) is 0 Å². The zero-order valence-corrected chi connectivity index (χ0v) is 13.2. The van der Waals surface area contributed by atoms with Crippen LogP contribution in [0.5, 0.6) is 5.75 Å². The molecule has 1 aliphatic heterocycles. The Morgan fingerprint density at radius 2 is 2.26 bits per heavy atom. The van der Waals surface area contributed by atoms with Crippen LogP contribution in [0.3, 0.4) is 0 Å². The van der Waals surface area contributed by atoms with E-state index >= 15 is 0 Å². The summed E-state index contributed by atoms with van der Waals surface area (Å²) >= 11 is 3.55. The highest BCUT2D eigenvalue weighted by molar-refractivity contribution is 9.10. The number of halogens is 1. The summed E-state index contributed by atoms with van der Waals surface area (Å²) in [5.74, 6) is 1.04. The number of hydrogen-bond donors (Lipinski definition) is 2. The van der Waals surface area contributed by atoms with Crippen LogP contribution in [0.1, 0.15) is 31.4 Å². The van der Waals surface area contributed by atoms with E-state index in [0.717, 1.165) is 42.8 Å². The van der Waals surface area contributed by atoms with E-state index in [1.165, 1.54) is 11.1 Å². The highest BCUT2D eigenvalue weighted by atomic mass is 79.9. The van der Waals surface area contributed by atoms with E-state index in [9.17, 15) is 5.11 Å². The first-order valence-electron chi connectivity index (χ1n) is 6.83. The van der Waals surface area contributed by atoms with Gasteiger partial charge in [-0.25, -0.2) is 0 Å². The summed E-state index contributed by atoms with van der Waals surface area (Å²) in [7, 11) is 0. The van der Waals surface area contributed by atoms with E-state index in [-0.39, 0.29) is 12.0 Å². The number of nitrogens with one attached hydrogen (secondary N) is 1. The maximum Gasteiger partial charge on any atom is 0.127 e. The maximum atomic E-state index is 9.41. The molecule has 1 atom stereocenters. The van der Waals surface area contributed by atoms with Gasteiger partial charge in [0, 0.05) is 41.6 Å². The van der Waals surface area contributed by atoms with E-state index in [2.05, 4.69) is 47.2 Å². The van der Waals surface area contributed by atoms with Gasteiger partial charge < -0.3 is 15.2 Å². The molecule has 0 fully saturated rings. The highest BCUT2D eigenvalue weighted by Crippen LogP contribution is 2.33. The molecule has 0 saturated heterocycles. The van der Waals surface area contributed by atoms with Gasteiger partial charge in [0.15, 0.2) is 0 Å². The van der Waals surface area contributed by atoms with Crippen molar-refractivity contribution in [3.05, 3.63) is 27.7 Å². The normalized spacial score (nSPS) is 16.8. The van der Waals surface area contributed by atoms with Crippen molar-refractivity contribution in [1.29, 1.82) is 0 Å². The van der Waals surface area contributed by atoms with Crippen molar-refractivity contribution in [3.63, 3.8) is 0 Å². The Morgan fingerprint density at radius 1 is 1.47 bits per heavy atom. The summed E-state index contributed by atoms with van der Waals surface area (Å²) in [5.41, 5.74) is 2.43. The summed E-state index contributed by atoms with van der Waals surface area (Å²) < 4.78 is 6.82. The first kappa shape index (κ1) is 14.8. The minimum atomic E-state index is -0.0456. The predicted molar refractivity (Wildman–Crippen MR) is 80.5 cm³/mol. The number of rotatable bonds is 6. The number of fused-ring (bicyclic) bond motifs is 1. The number of aliphatic hydroxyl groups is 1. The van der Waals surface area contributed by atoms with Gasteiger partial charge in [-0.2, -0.15) is 0 Å². The number of benzene rings is 1. The van der Waals surface area contributed by atoms with E-state index in [1.54, 1.807) is 0 Å². The quantitative estimate of drug-likeness (QED) is 0.844. The Hall–Kier alpha value is -0.580. The second kappa shape index (κ2) is 6.25. The molecule has 2 N–H and O–H groups in total. The van der Waals surface area contributed by atoms with Gasteiger partial charge in [-0.05, 0) is 24.1 Å². The molecule has 1 aromatic carbocycles. The molecule has 0 radical (unpaired) electrons. The SMILES string of the molecule is CCC(C)(CO)CNCc1cc(Br)cc2c1OCC2. The predicted octanol–water partition coefficient (Wildman–Crippen LogP) is 2.88. The van der Waals surface area contributed by atoms with Crippen molar-refractivity contribution >= 4 is 15.9 Å². The fourth-order valence-corrected chi connectivity index (χ4v) is 2.82. The Balaban J connectivity index is 2.01. The van der Waals surface area contributed by atoms with E-state index in [1.807, 2.05) is 0 Å². The molecule has 19 heavy (non-hydrogen) atoms. The molecule has 1 aromatic rings. The monoisotopic (exact) mass is 327 g/mol. The Bertz CT molecular complexity index is 444. The van der Waals surface area contributed by atoms with Gasteiger partial charge in [0.1, 0.15) is 5.75 Å². The van der Waals surface area contributed by atoms with Crippen LogP contribution in [0.25, 0.3) is 0 Å². The topological polar surface area (TPSA) is 41.5 Å². The average Bonchev–Trinajstić information content (AvgIpc) is 2.86. The minimum absolute atomic E-state index is 0.0456. The fraction of sp³-hybridized carbons (Fsp3) is 0.600. The first-order valence-corrected chi connectivity index (χ1v) is 7.63. The fourth-order valence-electron chi connectivity index (χ4n) is 2.27. The lowest BCUT2D eigenvalue weighted by Gasteiger charge is -2.26. The van der Waals surface area contributed by atoms with Crippen molar-refractivity contribution in [2.24, 2.45) is 5.41 Å². The standard InChI is InChI=1S/C15H22BrNO2/c1-3-15(2,10-18)9-17-8-12-7-13(16)6-11-4-5-19-14(11)12/h6-7,17-18H,3-5,8-10H2,1-2H3. The third-order valence-electron chi connectivity index (χ3n) is 3.93. The van der Waals surface area contributed by atoms with Crippen LogP contribution in [0.4, 0.5) is 0 Å². The largest absolute Gasteiger partial charge is 0.493 e. The first-order chi connectivity index (χ1) is 9.08. The lowest BCUT2D eigenvalue weighted by molar-refractivity contribution is 0.135. The van der Waals surface area contributed by atoms with Gasteiger partial charge in [0.25, 0.3) is 0 Å². The summed E-state index contributed by atoms with van der Waals surface area (Å²) in [6.07, 6.45) is 1.95. The second-order valence-corrected chi connectivity index (χ2v) is 6.49. The van der Waals surface area contributed by atoms with E-state index in [4.69, 9.17) is 4.74 Å². The minimum Gasteiger partial charge on any atom is -0.493 e. The molecule has 0 saturated carbocycles. The number of ether oxygens (including phenoxy) is 1. The van der Waals surface area contributed by atoms with Gasteiger partial charge in [-0.3, -0.25) is 0 Å². The van der Waals surface area contributed by atoms with Gasteiger partial charge in [-0.1, -0.05) is 29.8 Å². The smallest absolute Gasteiger partial charge is 0.127 e. The van der Waals surface area contributed by atoms with Crippen molar-refractivity contribution in [1.82, 2.24) is 5.32 Å². The van der Waals surface area contributed by atoms with Gasteiger partial charge in [0.2, 0.25) is 0 Å². The van der Waals surface area contributed by atoms with Crippen LogP contribution >= 0.6 is 15.9 Å². The highest BCUT2D eigenvalue weighted by Gasteiger charge is 2.21. The molecule has 1 heterocycles. The molecule has 3 nitrogen and oxygen atoms in total. The van der Waals surface area contributed by atoms with Gasteiger partial charge in [0.05, 0.1) is 6.61 Å². The third kappa shape index (κ3) is 3.50. The average molecular weight is 328 g/mol. The Morgan fingerprint density at radius 3 is 2.95 bits per heavy atom. The summed E-state index contributed by atoms with van der Waals surface area (Å²) in [6.45, 7) is 6.78. The molecule has 2 rings (SSSR count). The molecule has 4 heteroatoms. The zero-order valence-electron chi connectivity index (χ0n) is 11.6. The second-order valence-electron chi connectivity index (χ2n) is 5.58. The Kier molecular flexibility index (Phi) is 4.87. The molecule has 0 aromatic heterocycles. The van der Waals surface area contributed by atoms with Gasteiger partial charge in [-0.15, -0.1) is 0 Å². The number of hydrogen-bond acceptors (Lipinski definition) is 3. The van der Waals surface area contributed by atoms with Crippen molar-refractivity contribution in [3.8, 4) is 5.75 Å². The molecule has 1 unspecified atom stereocenters. The molecular weight excluding hydrogens is 306 g/mol. The third-order valence-corrected chi connectivity index (χ3v) is 4.39. The molecule has 106 valence electrons. The van der Waals surface area contributed by atoms with E-state index < -0.39 is 0 Å². The molecule has 1 aliphatic rings. The molecular formula is C15H22BrNO2. The van der Waals surface area contributed by atoms with Crippen LogP contribution in [0, 0.1) is 5.41 Å². The van der Waals surface area contributed by atoms with Gasteiger partial charge >= 0.3 is 0 Å². The van der Waals surface area contributed by atoms with Crippen molar-refractivity contribution < 1.29 is 9.84 Å². The Labute approximate surface area is 123 Å². The molecule has 0 spiro atoms. The molecule has 0 bridgehead atoms. The van der Waals surface area contributed by atoms with Crippen molar-refractivity contribution in [2.75, 3.05) is 19.8 Å². The van der Waals surface area contributed by atoms with Crippen LogP contribution in [0.2, 0.25) is 0 Å². The lowest BCUT2D eigenvalue weighted by atomic mass is 9.88. The lowest BCUT2D eigenvalue weighted by Crippen LogP contribution is -2.34. The molecule has 0 amide bonds.